The molecule has 0 aliphatic heterocycles. The van der Waals surface area contributed by atoms with Crippen molar-refractivity contribution in [1.29, 1.82) is 0 Å². The van der Waals surface area contributed by atoms with Crippen LogP contribution in [0.25, 0.3) is 83.4 Å². The van der Waals surface area contributed by atoms with Crippen molar-refractivity contribution in [3.8, 4) is 62.1 Å². The molecule has 0 radical (unpaired) electrons. The molecule has 0 atom stereocenters. The Labute approximate surface area is 553 Å². The van der Waals surface area contributed by atoms with E-state index in [0.717, 1.165) is 17.3 Å². The zero-order chi connectivity index (χ0) is 82.0. The minimum Gasteiger partial charge on any atom is -0.510 e. The van der Waals surface area contributed by atoms with Gasteiger partial charge in [-0.05, 0) is 108 Å². The number of ether oxygens (including phenoxy) is 1. The predicted molar refractivity (Wildman–Crippen MR) is 348 cm³/mol. The van der Waals surface area contributed by atoms with E-state index < -0.39 is 209 Å². The molecule has 3 heterocycles. The van der Waals surface area contributed by atoms with Crippen LogP contribution in [-0.2, 0) is 26.5 Å². The van der Waals surface area contributed by atoms with Gasteiger partial charge in [-0.15, -0.1) is 29.7 Å². The SMILES string of the molecule is [2H]c1c([2H])c([2H])c([Si](c2c([2H])c([2H])c([2H])c([2H])c2[2H])(c2c([2H])c([2H])c([2H])c([2H])c2[2H])c2c([2H])c([2H])c([2H])c(-c3cccc(C(C)(C)C)c3-[n+]3[c-]n(-c4[c-]c(Oc5[c-]c6c(cc5)c5cc(-c7ccccc7)ccc5n6-c5cc(C([2H])([2H])[2H])c(-c6c([2H])c([2H])c([2H])c([2H])c6C([2H])([2H])[2H])cn5)ccc4)c4ccccc43)c2[2H])c([2H])c1[2H].[Pt]. The third-order valence-electron chi connectivity index (χ3n) is 14.6. The molecule has 14 aromatic rings. The third kappa shape index (κ3) is 9.85. The summed E-state index contributed by atoms with van der Waals surface area (Å²) in [6, 6.07) is 19.7. The van der Waals surface area contributed by atoms with Gasteiger partial charge in [0.1, 0.15) is 5.82 Å². The first-order chi connectivity index (χ1) is 53.1. The first kappa shape index (κ1) is 30.9. The molecular weight excluding hydrogens is 1230 g/mol. The second-order valence-electron chi connectivity index (χ2n) is 20.6. The van der Waals surface area contributed by atoms with Crippen molar-refractivity contribution in [2.45, 2.75) is 39.9 Å². The van der Waals surface area contributed by atoms with Gasteiger partial charge in [0.25, 0.3) is 6.33 Å². The zero-order valence-corrected chi connectivity index (χ0v) is 48.5. The molecule has 0 spiro atoms. The zero-order valence-electron chi connectivity index (χ0n) is 74.2. The van der Waals surface area contributed by atoms with Crippen LogP contribution >= 0.6 is 0 Å². The van der Waals surface area contributed by atoms with Gasteiger partial charge in [0.2, 0.25) is 0 Å². The van der Waals surface area contributed by atoms with Crippen molar-refractivity contribution in [2.24, 2.45) is 0 Å². The molecule has 0 aliphatic carbocycles. The summed E-state index contributed by atoms with van der Waals surface area (Å²) >= 11 is 0. The number of imidazole rings is 1. The maximum absolute atomic E-state index is 10.8. The molecule has 7 heteroatoms. The average Bonchev–Trinajstić information content (AvgIpc) is 0.774. The molecule has 14 rings (SSSR count). The molecule has 0 saturated carbocycles. The van der Waals surface area contributed by atoms with Gasteiger partial charge in [-0.25, -0.2) is 4.98 Å². The number of para-hydroxylation sites is 3. The van der Waals surface area contributed by atoms with Crippen LogP contribution in [0.1, 0.15) is 77.2 Å². The van der Waals surface area contributed by atoms with Gasteiger partial charge in [-0.3, -0.25) is 4.57 Å². The van der Waals surface area contributed by atoms with Gasteiger partial charge in [-0.1, -0.05) is 250 Å². The molecule has 0 saturated heterocycles. The molecule has 0 amide bonds. The molecule has 11 aromatic carbocycles. The van der Waals surface area contributed by atoms with E-state index in [1.807, 2.05) is 69.3 Å². The van der Waals surface area contributed by atoms with Crippen LogP contribution in [0.4, 0.5) is 0 Å². The Hall–Kier alpha value is -9.45. The molecule has 85 heavy (non-hydrogen) atoms. The van der Waals surface area contributed by atoms with E-state index in [9.17, 15) is 13.7 Å². The summed E-state index contributed by atoms with van der Waals surface area (Å²) in [6.07, 6.45) is 4.54. The largest absolute Gasteiger partial charge is 0.510 e. The van der Waals surface area contributed by atoms with Gasteiger partial charge in [0.05, 0.1) is 48.2 Å². The Morgan fingerprint density at radius 2 is 1.20 bits per heavy atom. The fourth-order valence-electron chi connectivity index (χ4n) is 10.8. The second-order valence-corrected chi connectivity index (χ2v) is 24.1. The Bertz CT molecular complexity index is 6180. The third-order valence-corrected chi connectivity index (χ3v) is 18.6. The van der Waals surface area contributed by atoms with E-state index in [1.54, 1.807) is 80.4 Å². The molecule has 414 valence electrons. The Morgan fingerprint density at radius 3 is 1.93 bits per heavy atom. The minimum atomic E-state index is -6.25. The maximum atomic E-state index is 10.8. The van der Waals surface area contributed by atoms with Gasteiger partial charge in [-0.2, -0.15) is 18.2 Å². The number of rotatable bonds is 12. The quantitative estimate of drug-likeness (QED) is 0.0529. The summed E-state index contributed by atoms with van der Waals surface area (Å²) in [6.45, 7) is -0.564. The second kappa shape index (κ2) is 22.6. The topological polar surface area (TPSA) is 35.9 Å². The summed E-state index contributed by atoms with van der Waals surface area (Å²) in [4.78, 5) is 4.73. The predicted octanol–water partition coefficient (Wildman–Crippen LogP) is 15.9. The molecule has 0 fully saturated rings. The van der Waals surface area contributed by atoms with Crippen molar-refractivity contribution in [1.82, 2.24) is 14.1 Å². The molecule has 0 aliphatic rings. The smallest absolute Gasteiger partial charge is 0.268 e. The van der Waals surface area contributed by atoms with Gasteiger partial charge in [0.15, 0.2) is 8.07 Å². The Morgan fingerprint density at radius 1 is 0.529 bits per heavy atom. The summed E-state index contributed by atoms with van der Waals surface area (Å²) in [5.41, 5.74) is 0.711. The number of aromatic nitrogens is 4. The van der Waals surface area contributed by atoms with E-state index in [4.69, 9.17) is 35.8 Å². The first-order valence-corrected chi connectivity index (χ1v) is 28.4. The normalized spacial score (nSPS) is 16.9. The van der Waals surface area contributed by atoms with Crippen LogP contribution in [0.15, 0.2) is 273 Å². The summed E-state index contributed by atoms with van der Waals surface area (Å²) in [5.74, 6) is 0.218. The van der Waals surface area contributed by atoms with Crippen molar-refractivity contribution in [3.63, 3.8) is 0 Å². The minimum absolute atomic E-state index is 0. The van der Waals surface area contributed by atoms with Crippen LogP contribution in [0.3, 0.4) is 0 Å². The number of aryl methyl sites for hydroxylation is 1. The van der Waals surface area contributed by atoms with E-state index in [0.29, 0.717) is 44.1 Å². The average molecular weight is 1320 g/mol. The fraction of sp³-hybridized carbons (Fsp3) is 0.0769. The molecule has 0 N–H and O–H groups in total. The molecular formula is C78H60N4OPtSi-2. The summed E-state index contributed by atoms with van der Waals surface area (Å²) in [7, 11) is -6.25. The van der Waals surface area contributed by atoms with Crippen molar-refractivity contribution < 1.29 is 70.1 Å². The number of hydrogen-bond donors (Lipinski definition) is 0. The monoisotopic (exact) mass is 1320 g/mol. The van der Waals surface area contributed by atoms with E-state index in [-0.39, 0.29) is 55.2 Å². The molecule has 0 unspecified atom stereocenters. The van der Waals surface area contributed by atoms with E-state index >= 15 is 0 Å². The molecule has 0 bridgehead atoms. The van der Waals surface area contributed by atoms with E-state index in [2.05, 4.69) is 18.5 Å². The maximum Gasteiger partial charge on any atom is 0.268 e. The standard InChI is InChI=1S/C78H60N4OSi.Pt/c1-54-25-18-19-38-66(54)70-52-79-76(47-55(70)2)82-72-46-43-57(56-26-10-6-11-27-56)49-69(72)68-45-44-61(51-75(68)82)83-60-30-23-29-59(50-60)80-53-81(74-42-21-20-41-73(74)80)77-67(39-24-40-71(77)78(3,4)5)58-28-22-37-65(48-58)84(62-31-12-7-13-32-62,63-33-14-8-15-34-63)64-35-16-9-17-36-64;/h6-49,52H,1-5H3;/q-2;/i1D3,2D3,7D,8D,9D,12D,13D,14D,15D,16D,17D,18D,19D,22D,25D,28D,31D,32D,33D,34D,35D,36D,37D,38D,48D;. The van der Waals surface area contributed by atoms with Gasteiger partial charge >= 0.3 is 0 Å². The molecule has 5 nitrogen and oxygen atoms in total. The van der Waals surface area contributed by atoms with Crippen molar-refractivity contribution in [3.05, 3.63) is 308 Å². The number of pyridine rings is 1. The number of benzene rings is 11. The summed E-state index contributed by atoms with van der Waals surface area (Å²) < 4.78 is 277. The summed E-state index contributed by atoms with van der Waals surface area (Å²) in [5, 5.41) is -2.64. The fourth-order valence-corrected chi connectivity index (χ4v) is 14.3. The Kier molecular flexibility index (Phi) is 8.22. The van der Waals surface area contributed by atoms with Crippen LogP contribution in [-0.4, -0.2) is 22.2 Å². The van der Waals surface area contributed by atoms with E-state index in [1.165, 1.54) is 12.1 Å². The number of fused-ring (bicyclic) bond motifs is 4. The molecule has 3 aromatic heterocycles. The van der Waals surface area contributed by atoms with Crippen LogP contribution in [0.2, 0.25) is 0 Å². The number of hydrogen-bond acceptors (Lipinski definition) is 2. The van der Waals surface area contributed by atoms with Crippen LogP contribution in [0.5, 0.6) is 11.5 Å². The Balaban J connectivity index is 0.0000113. The first-order valence-electron chi connectivity index (χ1n) is 40.9. The van der Waals surface area contributed by atoms with Crippen molar-refractivity contribution in [2.75, 3.05) is 0 Å². The number of nitrogens with zero attached hydrogens (tertiary/aromatic N) is 4. The van der Waals surface area contributed by atoms with Gasteiger partial charge in [0, 0.05) is 58.1 Å². The van der Waals surface area contributed by atoms with Gasteiger partial charge < -0.3 is 13.9 Å². The van der Waals surface area contributed by atoms with Crippen LogP contribution in [0, 0.1) is 32.2 Å². The van der Waals surface area contributed by atoms with Crippen LogP contribution < -0.4 is 30.1 Å². The van der Waals surface area contributed by atoms with Crippen molar-refractivity contribution >= 4 is 61.7 Å².